The fourth-order valence-corrected chi connectivity index (χ4v) is 4.26. The number of thioether (sulfide) groups is 1. The third-order valence-corrected chi connectivity index (χ3v) is 6.29. The van der Waals surface area contributed by atoms with E-state index in [0.29, 0.717) is 24.3 Å². The van der Waals surface area contributed by atoms with Crippen LogP contribution in [0.4, 0.5) is 0 Å². The summed E-state index contributed by atoms with van der Waals surface area (Å²) >= 11 is 1.21. The molecule has 1 fully saturated rings. The summed E-state index contributed by atoms with van der Waals surface area (Å²) in [7, 11) is 0. The van der Waals surface area contributed by atoms with E-state index in [0.717, 1.165) is 36.5 Å². The van der Waals surface area contributed by atoms with Crippen molar-refractivity contribution in [3.63, 3.8) is 0 Å². The zero-order chi connectivity index (χ0) is 23.8. The Balaban J connectivity index is 1.16. The van der Waals surface area contributed by atoms with E-state index in [2.05, 4.69) is 44.7 Å². The van der Waals surface area contributed by atoms with Crippen LogP contribution in [0.2, 0.25) is 0 Å². The second-order valence-corrected chi connectivity index (χ2v) is 9.25. The number of carbonyl (C=O) groups excluding carboxylic acids is 1. The topological polar surface area (TPSA) is 89.7 Å². The number of benzene rings is 2. The van der Waals surface area contributed by atoms with Gasteiger partial charge in [-0.05, 0) is 36.6 Å². The van der Waals surface area contributed by atoms with Gasteiger partial charge in [0.2, 0.25) is 5.91 Å². The fourth-order valence-electron chi connectivity index (χ4n) is 3.65. The van der Waals surface area contributed by atoms with Gasteiger partial charge < -0.3 is 19.2 Å². The first kappa shape index (κ1) is 24.3. The van der Waals surface area contributed by atoms with Crippen LogP contribution in [-0.2, 0) is 22.7 Å². The lowest BCUT2D eigenvalue weighted by atomic mass is 10.1. The van der Waals surface area contributed by atoms with Crippen LogP contribution in [0.3, 0.4) is 0 Å². The first-order valence-electron chi connectivity index (χ1n) is 11.3. The number of nitrogens with zero attached hydrogens (tertiary/aromatic N) is 3. The van der Waals surface area contributed by atoms with E-state index < -0.39 is 0 Å². The predicted octanol–water partition coefficient (Wildman–Crippen LogP) is 3.37. The number of rotatable bonds is 10. The molecule has 2 heterocycles. The Morgan fingerprint density at radius 3 is 2.91 bits per heavy atom. The Bertz CT molecular complexity index is 1080. The van der Waals surface area contributed by atoms with Gasteiger partial charge in [-0.1, -0.05) is 54.2 Å². The van der Waals surface area contributed by atoms with Gasteiger partial charge >= 0.3 is 0 Å². The molecule has 0 aliphatic carbocycles. The maximum Gasteiger partial charge on any atom is 0.277 e. The largest absolute Gasteiger partial charge is 0.484 e. The van der Waals surface area contributed by atoms with Crippen molar-refractivity contribution >= 4 is 17.7 Å². The predicted molar refractivity (Wildman–Crippen MR) is 130 cm³/mol. The average Bonchev–Trinajstić information content (AvgIpc) is 3.31. The highest BCUT2D eigenvalue weighted by Gasteiger charge is 2.21. The van der Waals surface area contributed by atoms with Crippen molar-refractivity contribution < 1.29 is 18.7 Å². The summed E-state index contributed by atoms with van der Waals surface area (Å²) in [5.41, 5.74) is 3.44. The summed E-state index contributed by atoms with van der Waals surface area (Å²) in [4.78, 5) is 14.7. The number of amides is 1. The first-order chi connectivity index (χ1) is 16.5. The van der Waals surface area contributed by atoms with Crippen LogP contribution < -0.4 is 10.1 Å². The molecule has 0 saturated carbocycles. The van der Waals surface area contributed by atoms with Gasteiger partial charge in [0.15, 0.2) is 6.61 Å². The molecular formula is C25H30N4O4S. The zero-order valence-electron chi connectivity index (χ0n) is 19.5. The fraction of sp³-hybridized carbons (Fsp3) is 0.400. The third-order valence-electron chi connectivity index (χ3n) is 5.47. The number of aromatic nitrogens is 2. The molecule has 1 aliphatic heterocycles. The molecule has 1 unspecified atom stereocenters. The lowest BCUT2D eigenvalue weighted by Gasteiger charge is -2.33. The maximum atomic E-state index is 12.3. The van der Waals surface area contributed by atoms with E-state index in [1.165, 1.54) is 17.3 Å². The van der Waals surface area contributed by atoms with Gasteiger partial charge in [-0.25, -0.2) is 0 Å². The molecule has 1 amide bonds. The quantitative estimate of drug-likeness (QED) is 0.440. The number of carbonyl (C=O) groups is 1. The second kappa shape index (κ2) is 12.0. The van der Waals surface area contributed by atoms with Crippen molar-refractivity contribution in [2.75, 3.05) is 32.0 Å². The summed E-state index contributed by atoms with van der Waals surface area (Å²) in [6, 6.07) is 16.4. The highest BCUT2D eigenvalue weighted by Crippen LogP contribution is 2.21. The molecule has 1 atom stereocenters. The van der Waals surface area contributed by atoms with Crippen molar-refractivity contribution in [3.05, 3.63) is 71.1 Å². The Kier molecular flexibility index (Phi) is 8.56. The van der Waals surface area contributed by atoms with Crippen molar-refractivity contribution in [2.45, 2.75) is 38.3 Å². The van der Waals surface area contributed by atoms with E-state index in [1.54, 1.807) is 0 Å². The molecule has 2 aromatic carbocycles. The van der Waals surface area contributed by atoms with E-state index in [-0.39, 0.29) is 24.4 Å². The number of aryl methyl sites for hydroxylation is 2. The highest BCUT2D eigenvalue weighted by molar-refractivity contribution is 7.99. The van der Waals surface area contributed by atoms with Gasteiger partial charge in [0.25, 0.3) is 11.1 Å². The lowest BCUT2D eigenvalue weighted by Crippen LogP contribution is -2.47. The monoisotopic (exact) mass is 482 g/mol. The minimum atomic E-state index is -0.0971. The van der Waals surface area contributed by atoms with E-state index >= 15 is 0 Å². The normalized spacial score (nSPS) is 16.4. The van der Waals surface area contributed by atoms with Crippen LogP contribution >= 0.6 is 11.8 Å². The highest BCUT2D eigenvalue weighted by atomic mass is 32.2. The van der Waals surface area contributed by atoms with E-state index in [1.807, 2.05) is 38.1 Å². The van der Waals surface area contributed by atoms with Gasteiger partial charge in [-0.3, -0.25) is 9.69 Å². The van der Waals surface area contributed by atoms with Crippen LogP contribution in [0.5, 0.6) is 5.75 Å². The van der Waals surface area contributed by atoms with Crippen molar-refractivity contribution in [3.8, 4) is 5.75 Å². The van der Waals surface area contributed by atoms with Crippen molar-refractivity contribution in [1.82, 2.24) is 20.4 Å². The van der Waals surface area contributed by atoms with Crippen LogP contribution in [0.15, 0.2) is 58.2 Å². The SMILES string of the molecule is Cc1ccc(C)c(OCc2nnc(SCC(=O)NCC3CN(Cc4ccccc4)CCO3)o2)c1. The molecule has 34 heavy (non-hydrogen) atoms. The third kappa shape index (κ3) is 7.31. The van der Waals surface area contributed by atoms with Crippen LogP contribution in [0.25, 0.3) is 0 Å². The number of nitrogens with one attached hydrogen (secondary N) is 1. The average molecular weight is 483 g/mol. The van der Waals surface area contributed by atoms with Crippen molar-refractivity contribution in [2.24, 2.45) is 0 Å². The number of hydrogen-bond donors (Lipinski definition) is 1. The van der Waals surface area contributed by atoms with Crippen LogP contribution in [0, 0.1) is 13.8 Å². The van der Waals surface area contributed by atoms with Crippen molar-refractivity contribution in [1.29, 1.82) is 0 Å². The second-order valence-electron chi connectivity index (χ2n) is 8.33. The Hall–Kier alpha value is -2.88. The summed E-state index contributed by atoms with van der Waals surface area (Å²) in [5.74, 6) is 1.26. The molecule has 1 N–H and O–H groups in total. The van der Waals surface area contributed by atoms with Gasteiger partial charge in [0.1, 0.15) is 5.75 Å². The Morgan fingerprint density at radius 1 is 1.21 bits per heavy atom. The van der Waals surface area contributed by atoms with Gasteiger partial charge in [0.05, 0.1) is 18.5 Å². The van der Waals surface area contributed by atoms with E-state index in [4.69, 9.17) is 13.9 Å². The molecular weight excluding hydrogens is 452 g/mol. The van der Waals surface area contributed by atoms with Gasteiger partial charge in [-0.15, -0.1) is 10.2 Å². The molecule has 180 valence electrons. The minimum Gasteiger partial charge on any atom is -0.484 e. The smallest absolute Gasteiger partial charge is 0.277 e. The molecule has 0 bridgehead atoms. The Morgan fingerprint density at radius 2 is 2.06 bits per heavy atom. The first-order valence-corrected chi connectivity index (χ1v) is 12.3. The summed E-state index contributed by atoms with van der Waals surface area (Å²) in [5, 5.41) is 11.3. The molecule has 3 aromatic rings. The number of morpholine rings is 1. The van der Waals surface area contributed by atoms with Crippen LogP contribution in [-0.4, -0.2) is 59.1 Å². The molecule has 0 spiro atoms. The molecule has 1 aromatic heterocycles. The van der Waals surface area contributed by atoms with Crippen LogP contribution in [0.1, 0.15) is 22.6 Å². The molecule has 4 rings (SSSR count). The summed E-state index contributed by atoms with van der Waals surface area (Å²) in [6.07, 6.45) is -0.0244. The molecule has 1 aliphatic rings. The van der Waals surface area contributed by atoms with Gasteiger partial charge in [0, 0.05) is 26.2 Å². The maximum absolute atomic E-state index is 12.3. The van der Waals surface area contributed by atoms with Gasteiger partial charge in [-0.2, -0.15) is 0 Å². The molecule has 0 radical (unpaired) electrons. The zero-order valence-corrected chi connectivity index (χ0v) is 20.3. The summed E-state index contributed by atoms with van der Waals surface area (Å²) < 4.78 is 17.2. The molecule has 1 saturated heterocycles. The molecule has 8 nitrogen and oxygen atoms in total. The minimum absolute atomic E-state index is 0.0244. The molecule has 9 heteroatoms. The van der Waals surface area contributed by atoms with E-state index in [9.17, 15) is 4.79 Å². The number of ether oxygens (including phenoxy) is 2. The summed E-state index contributed by atoms with van der Waals surface area (Å²) in [6.45, 7) is 7.89. The number of hydrogen-bond acceptors (Lipinski definition) is 8. The Labute approximate surface area is 204 Å². The lowest BCUT2D eigenvalue weighted by molar-refractivity contribution is -0.119. The standard InChI is InChI=1S/C25H30N4O4S/c1-18-8-9-19(2)22(12-18)32-16-24-27-28-25(33-24)34-17-23(30)26-13-21-15-29(10-11-31-21)14-20-6-4-3-5-7-20/h3-9,12,21H,10-11,13-17H2,1-2H3,(H,26,30).